The van der Waals surface area contributed by atoms with Crippen molar-refractivity contribution in [2.75, 3.05) is 11.9 Å². The van der Waals surface area contributed by atoms with E-state index in [2.05, 4.69) is 36.1 Å². The van der Waals surface area contributed by atoms with Gasteiger partial charge in [0.2, 0.25) is 0 Å². The van der Waals surface area contributed by atoms with Gasteiger partial charge in [0.1, 0.15) is 11.6 Å². The molecular formula is C24H27N3O3. The van der Waals surface area contributed by atoms with Gasteiger partial charge < -0.3 is 15.0 Å². The minimum absolute atomic E-state index is 0.0850. The van der Waals surface area contributed by atoms with Crippen molar-refractivity contribution in [2.45, 2.75) is 39.5 Å². The number of aromatic nitrogens is 2. The predicted octanol–water partition coefficient (Wildman–Crippen LogP) is 4.31. The lowest BCUT2D eigenvalue weighted by Crippen LogP contribution is -2.22. The number of benzene rings is 2. The number of hydrogen-bond acceptors (Lipinski definition) is 4. The van der Waals surface area contributed by atoms with E-state index in [9.17, 15) is 9.59 Å². The molecule has 1 amide bonds. The van der Waals surface area contributed by atoms with Gasteiger partial charge in [-0.15, -0.1) is 0 Å². The van der Waals surface area contributed by atoms with Crippen LogP contribution in [0.5, 0.6) is 5.75 Å². The van der Waals surface area contributed by atoms with E-state index in [1.807, 2.05) is 37.3 Å². The summed E-state index contributed by atoms with van der Waals surface area (Å²) in [7, 11) is 0. The molecular weight excluding hydrogens is 378 g/mol. The Morgan fingerprint density at radius 3 is 2.60 bits per heavy atom. The fraction of sp³-hybridized carbons (Fsp3) is 0.292. The normalized spacial score (nSPS) is 11.2. The molecule has 3 rings (SSSR count). The molecule has 6 heteroatoms. The Morgan fingerprint density at radius 1 is 1.10 bits per heavy atom. The number of ether oxygens (including phenoxy) is 1. The third-order valence-corrected chi connectivity index (χ3v) is 4.63. The predicted molar refractivity (Wildman–Crippen MR) is 119 cm³/mol. The first kappa shape index (κ1) is 21.3. The van der Waals surface area contributed by atoms with Crippen LogP contribution in [-0.2, 0) is 16.6 Å². The number of carbonyl (C=O) groups is 1. The number of nitrogens with zero attached hydrogens (tertiary/aromatic N) is 1. The first-order chi connectivity index (χ1) is 14.3. The number of rotatable bonds is 6. The number of carbonyl (C=O) groups excluding carboxylic acids is 1. The summed E-state index contributed by atoms with van der Waals surface area (Å²) in [6.07, 6.45) is 0.667. The molecule has 0 aliphatic heterocycles. The molecule has 0 unspecified atom stereocenters. The van der Waals surface area contributed by atoms with Crippen molar-refractivity contribution in [1.82, 2.24) is 9.97 Å². The Morgan fingerprint density at radius 2 is 1.87 bits per heavy atom. The smallest absolute Gasteiger partial charge is 0.262 e. The van der Waals surface area contributed by atoms with Gasteiger partial charge in [-0.05, 0) is 35.6 Å². The second kappa shape index (κ2) is 8.95. The molecule has 0 bridgehead atoms. The van der Waals surface area contributed by atoms with Gasteiger partial charge in [0.05, 0.1) is 0 Å². The van der Waals surface area contributed by atoms with Gasteiger partial charge in [-0.25, -0.2) is 4.98 Å². The molecule has 0 saturated heterocycles. The Balaban J connectivity index is 1.71. The van der Waals surface area contributed by atoms with Crippen LogP contribution in [0.25, 0.3) is 11.4 Å². The van der Waals surface area contributed by atoms with Crippen molar-refractivity contribution in [3.8, 4) is 17.1 Å². The lowest BCUT2D eigenvalue weighted by Gasteiger charge is -2.22. The summed E-state index contributed by atoms with van der Waals surface area (Å²) in [6.45, 7) is 8.16. The van der Waals surface area contributed by atoms with Gasteiger partial charge >= 0.3 is 0 Å². The molecule has 2 N–H and O–H groups in total. The maximum absolute atomic E-state index is 12.4. The van der Waals surface area contributed by atoms with Crippen LogP contribution in [0.2, 0.25) is 0 Å². The second-order valence-electron chi connectivity index (χ2n) is 8.10. The largest absolute Gasteiger partial charge is 0.483 e. The summed E-state index contributed by atoms with van der Waals surface area (Å²) in [5.41, 5.74) is 2.81. The Kier molecular flexibility index (Phi) is 6.35. The van der Waals surface area contributed by atoms with E-state index < -0.39 is 0 Å². The quantitative estimate of drug-likeness (QED) is 0.640. The van der Waals surface area contributed by atoms with Gasteiger partial charge in [0.15, 0.2) is 6.61 Å². The molecule has 30 heavy (non-hydrogen) atoms. The number of H-pyrrole nitrogens is 1. The number of para-hydroxylation sites is 1. The van der Waals surface area contributed by atoms with Gasteiger partial charge in [-0.3, -0.25) is 9.59 Å². The molecule has 0 atom stereocenters. The van der Waals surface area contributed by atoms with Gasteiger partial charge in [-0.1, -0.05) is 58.0 Å². The van der Waals surface area contributed by atoms with Crippen molar-refractivity contribution in [1.29, 1.82) is 0 Å². The van der Waals surface area contributed by atoms with Crippen molar-refractivity contribution in [3.63, 3.8) is 0 Å². The third-order valence-electron chi connectivity index (χ3n) is 4.63. The number of aromatic amines is 1. The lowest BCUT2D eigenvalue weighted by atomic mass is 9.86. The Labute approximate surface area is 176 Å². The van der Waals surface area contributed by atoms with Crippen molar-refractivity contribution < 1.29 is 9.53 Å². The van der Waals surface area contributed by atoms with E-state index in [1.54, 1.807) is 18.2 Å². The highest BCUT2D eigenvalue weighted by Gasteiger charge is 2.19. The Hall–Kier alpha value is -3.41. The van der Waals surface area contributed by atoms with Gasteiger partial charge in [0, 0.05) is 23.0 Å². The molecule has 0 aliphatic carbocycles. The number of amides is 1. The summed E-state index contributed by atoms with van der Waals surface area (Å²) < 4.78 is 5.79. The van der Waals surface area contributed by atoms with Gasteiger partial charge in [0.25, 0.3) is 11.5 Å². The van der Waals surface area contributed by atoms with Crippen molar-refractivity contribution >= 4 is 11.6 Å². The zero-order valence-electron chi connectivity index (χ0n) is 17.8. The molecule has 6 nitrogen and oxygen atoms in total. The average molecular weight is 405 g/mol. The molecule has 1 aromatic heterocycles. The summed E-state index contributed by atoms with van der Waals surface area (Å²) in [4.78, 5) is 31.5. The second-order valence-corrected chi connectivity index (χ2v) is 8.10. The maximum atomic E-state index is 12.4. The fourth-order valence-corrected chi connectivity index (χ4v) is 3.12. The average Bonchev–Trinajstić information content (AvgIpc) is 2.71. The monoisotopic (exact) mass is 405 g/mol. The maximum Gasteiger partial charge on any atom is 0.262 e. The highest BCUT2D eigenvalue weighted by Crippen LogP contribution is 2.30. The molecule has 0 radical (unpaired) electrons. The Bertz CT molecular complexity index is 1100. The highest BCUT2D eigenvalue weighted by molar-refractivity contribution is 5.92. The molecule has 156 valence electrons. The summed E-state index contributed by atoms with van der Waals surface area (Å²) >= 11 is 0. The van der Waals surface area contributed by atoms with E-state index in [-0.39, 0.29) is 23.5 Å². The first-order valence-corrected chi connectivity index (χ1v) is 9.99. The summed E-state index contributed by atoms with van der Waals surface area (Å²) in [6, 6.07) is 16.4. The lowest BCUT2D eigenvalue weighted by molar-refractivity contribution is -0.118. The standard InChI is InChI=1S/C24H27N3O3/c1-5-17-14-21(28)27-23(26-17)16-9-8-10-18(13-16)25-22(29)15-30-20-12-7-6-11-19(20)24(2,3)4/h6-14H,5,15H2,1-4H3,(H,25,29)(H,26,27,28). The van der Waals surface area contributed by atoms with Crippen LogP contribution in [0.15, 0.2) is 59.4 Å². The minimum atomic E-state index is -0.264. The van der Waals surface area contributed by atoms with Crippen LogP contribution in [-0.4, -0.2) is 22.5 Å². The fourth-order valence-electron chi connectivity index (χ4n) is 3.12. The van der Waals surface area contributed by atoms with Crippen molar-refractivity contribution in [2.24, 2.45) is 0 Å². The molecule has 2 aromatic carbocycles. The molecule has 3 aromatic rings. The number of aryl methyl sites for hydroxylation is 1. The van der Waals surface area contributed by atoms with Crippen LogP contribution in [0.3, 0.4) is 0 Å². The SMILES string of the molecule is CCc1cc(=O)[nH]c(-c2cccc(NC(=O)COc3ccccc3C(C)(C)C)c2)n1. The van der Waals surface area contributed by atoms with E-state index in [1.165, 1.54) is 6.07 Å². The molecule has 0 aliphatic rings. The number of anilines is 1. The van der Waals surface area contributed by atoms with Crippen LogP contribution in [0.1, 0.15) is 39.0 Å². The first-order valence-electron chi connectivity index (χ1n) is 9.99. The topological polar surface area (TPSA) is 84.1 Å². The summed E-state index contributed by atoms with van der Waals surface area (Å²) in [5.74, 6) is 0.914. The molecule has 0 saturated carbocycles. The third kappa shape index (κ3) is 5.35. The van der Waals surface area contributed by atoms with Crippen molar-refractivity contribution in [3.05, 3.63) is 76.2 Å². The van der Waals surface area contributed by atoms with E-state index in [0.717, 1.165) is 11.1 Å². The minimum Gasteiger partial charge on any atom is -0.483 e. The molecule has 1 heterocycles. The van der Waals surface area contributed by atoms with Crippen LogP contribution in [0.4, 0.5) is 5.69 Å². The van der Waals surface area contributed by atoms with Crippen LogP contribution in [0, 0.1) is 0 Å². The van der Waals surface area contributed by atoms with E-state index in [0.29, 0.717) is 29.4 Å². The molecule has 0 spiro atoms. The van der Waals surface area contributed by atoms with Crippen LogP contribution >= 0.6 is 0 Å². The van der Waals surface area contributed by atoms with E-state index >= 15 is 0 Å². The zero-order chi connectivity index (χ0) is 21.7. The number of hydrogen-bond donors (Lipinski definition) is 2. The summed E-state index contributed by atoms with van der Waals surface area (Å²) in [5, 5.41) is 2.84. The van der Waals surface area contributed by atoms with Crippen LogP contribution < -0.4 is 15.6 Å². The highest BCUT2D eigenvalue weighted by atomic mass is 16.5. The molecule has 0 fully saturated rings. The number of nitrogens with one attached hydrogen (secondary N) is 2. The van der Waals surface area contributed by atoms with Gasteiger partial charge in [-0.2, -0.15) is 0 Å². The zero-order valence-corrected chi connectivity index (χ0v) is 17.8. The van der Waals surface area contributed by atoms with E-state index in [4.69, 9.17) is 4.74 Å².